The van der Waals surface area contributed by atoms with Crippen molar-refractivity contribution in [3.63, 3.8) is 0 Å². The number of aliphatic hydroxyl groups is 1. The van der Waals surface area contributed by atoms with Crippen LogP contribution in [0, 0.1) is 23.0 Å². The van der Waals surface area contributed by atoms with Crippen LogP contribution in [0.5, 0.6) is 0 Å². The number of nitrogens with one attached hydrogen (secondary N) is 1. The van der Waals surface area contributed by atoms with Gasteiger partial charge in [0.25, 0.3) is 5.69 Å². The van der Waals surface area contributed by atoms with Gasteiger partial charge < -0.3 is 10.4 Å². The van der Waals surface area contributed by atoms with E-state index in [2.05, 4.69) is 10.3 Å². The Morgan fingerprint density at radius 1 is 1.61 bits per heavy atom. The molecular formula is C12H19N3O3. The highest BCUT2D eigenvalue weighted by atomic mass is 16.6. The molecule has 100 valence electrons. The van der Waals surface area contributed by atoms with Crippen LogP contribution in [0.2, 0.25) is 0 Å². The highest BCUT2D eigenvalue weighted by Crippen LogP contribution is 2.18. The Kier molecular flexibility index (Phi) is 5.51. The van der Waals surface area contributed by atoms with Crippen molar-refractivity contribution in [1.82, 2.24) is 4.98 Å². The minimum Gasteiger partial charge on any atom is -0.396 e. The zero-order valence-corrected chi connectivity index (χ0v) is 10.7. The first-order valence-electron chi connectivity index (χ1n) is 6.00. The lowest BCUT2D eigenvalue weighted by Gasteiger charge is -2.10. The first-order valence-corrected chi connectivity index (χ1v) is 6.00. The number of aromatic nitrogens is 1. The first kappa shape index (κ1) is 14.4. The molecule has 0 aliphatic heterocycles. The molecule has 1 aromatic rings. The zero-order valence-electron chi connectivity index (χ0n) is 10.7. The van der Waals surface area contributed by atoms with E-state index < -0.39 is 4.92 Å². The molecule has 6 nitrogen and oxygen atoms in total. The van der Waals surface area contributed by atoms with Gasteiger partial charge in [0.15, 0.2) is 0 Å². The second kappa shape index (κ2) is 6.90. The summed E-state index contributed by atoms with van der Waals surface area (Å²) in [5, 5.41) is 22.6. The van der Waals surface area contributed by atoms with Gasteiger partial charge in [-0.3, -0.25) is 10.1 Å². The topological polar surface area (TPSA) is 88.3 Å². The van der Waals surface area contributed by atoms with Crippen molar-refractivity contribution in [1.29, 1.82) is 0 Å². The van der Waals surface area contributed by atoms with Gasteiger partial charge in [0.05, 0.1) is 4.92 Å². The van der Waals surface area contributed by atoms with E-state index in [0.717, 1.165) is 24.9 Å². The van der Waals surface area contributed by atoms with Crippen LogP contribution in [-0.4, -0.2) is 28.2 Å². The lowest BCUT2D eigenvalue weighted by Crippen LogP contribution is -2.08. The summed E-state index contributed by atoms with van der Waals surface area (Å²) >= 11 is 0. The number of aliphatic hydroxyl groups excluding tert-OH is 1. The van der Waals surface area contributed by atoms with Gasteiger partial charge in [-0.2, -0.15) is 0 Å². The average molecular weight is 253 g/mol. The van der Waals surface area contributed by atoms with Gasteiger partial charge in [-0.05, 0) is 31.2 Å². The molecule has 0 radical (unpaired) electrons. The standard InChI is InChI=1S/C12H19N3O3/c1-9(8-16)4-3-5-13-12-10(2)6-11(7-14-12)15(17)18/h6-7,9,16H,3-5,8H2,1-2H3,(H,13,14). The van der Waals surface area contributed by atoms with Gasteiger partial charge in [0.2, 0.25) is 0 Å². The Hall–Kier alpha value is -1.69. The van der Waals surface area contributed by atoms with E-state index in [1.807, 2.05) is 6.92 Å². The summed E-state index contributed by atoms with van der Waals surface area (Å²) in [6.45, 7) is 4.73. The van der Waals surface area contributed by atoms with Crippen LogP contribution < -0.4 is 5.32 Å². The van der Waals surface area contributed by atoms with Crippen molar-refractivity contribution in [2.45, 2.75) is 26.7 Å². The summed E-state index contributed by atoms with van der Waals surface area (Å²) in [6.07, 6.45) is 3.13. The molecule has 0 fully saturated rings. The van der Waals surface area contributed by atoms with E-state index in [-0.39, 0.29) is 12.3 Å². The minimum atomic E-state index is -0.452. The third-order valence-electron chi connectivity index (χ3n) is 2.75. The quantitative estimate of drug-likeness (QED) is 0.441. The molecule has 1 heterocycles. The van der Waals surface area contributed by atoms with E-state index in [0.29, 0.717) is 11.7 Å². The maximum atomic E-state index is 10.6. The predicted octanol–water partition coefficient (Wildman–Crippen LogP) is 2.12. The summed E-state index contributed by atoms with van der Waals surface area (Å²) in [7, 11) is 0. The number of pyridine rings is 1. The summed E-state index contributed by atoms with van der Waals surface area (Å²) in [5.74, 6) is 0.981. The van der Waals surface area contributed by atoms with E-state index in [9.17, 15) is 10.1 Å². The second-order valence-electron chi connectivity index (χ2n) is 4.47. The van der Waals surface area contributed by atoms with Crippen LogP contribution in [0.25, 0.3) is 0 Å². The molecule has 0 bridgehead atoms. The molecule has 0 saturated carbocycles. The molecule has 1 rings (SSSR count). The van der Waals surface area contributed by atoms with Gasteiger partial charge in [0.1, 0.15) is 12.0 Å². The van der Waals surface area contributed by atoms with Crippen molar-refractivity contribution in [2.75, 3.05) is 18.5 Å². The van der Waals surface area contributed by atoms with Gasteiger partial charge in [-0.25, -0.2) is 4.98 Å². The number of nitrogens with zero attached hydrogens (tertiary/aromatic N) is 2. The monoisotopic (exact) mass is 253 g/mol. The van der Waals surface area contributed by atoms with E-state index in [4.69, 9.17) is 5.11 Å². The SMILES string of the molecule is Cc1cc([N+](=O)[O-])cnc1NCCCC(C)CO. The summed E-state index contributed by atoms with van der Waals surface area (Å²) < 4.78 is 0. The van der Waals surface area contributed by atoms with Crippen molar-refractivity contribution in [3.05, 3.63) is 27.9 Å². The Morgan fingerprint density at radius 3 is 2.89 bits per heavy atom. The Bertz CT molecular complexity index is 410. The van der Waals surface area contributed by atoms with E-state index in [1.165, 1.54) is 12.3 Å². The number of anilines is 1. The Labute approximate surface area is 106 Å². The highest BCUT2D eigenvalue weighted by Gasteiger charge is 2.09. The third kappa shape index (κ3) is 4.29. The molecule has 18 heavy (non-hydrogen) atoms. The normalized spacial score (nSPS) is 12.2. The number of hydrogen-bond donors (Lipinski definition) is 2. The molecule has 6 heteroatoms. The fourth-order valence-corrected chi connectivity index (χ4v) is 1.59. The molecule has 0 aliphatic rings. The second-order valence-corrected chi connectivity index (χ2v) is 4.47. The minimum absolute atomic E-state index is 0.00644. The number of rotatable bonds is 7. The largest absolute Gasteiger partial charge is 0.396 e. The van der Waals surface area contributed by atoms with E-state index in [1.54, 1.807) is 6.92 Å². The van der Waals surface area contributed by atoms with Crippen LogP contribution in [-0.2, 0) is 0 Å². The van der Waals surface area contributed by atoms with Crippen molar-refractivity contribution >= 4 is 11.5 Å². The van der Waals surface area contributed by atoms with E-state index >= 15 is 0 Å². The molecule has 0 saturated heterocycles. The zero-order chi connectivity index (χ0) is 13.5. The Balaban J connectivity index is 2.46. The summed E-state index contributed by atoms with van der Waals surface area (Å²) in [5.41, 5.74) is 0.770. The van der Waals surface area contributed by atoms with Crippen LogP contribution in [0.1, 0.15) is 25.3 Å². The van der Waals surface area contributed by atoms with Gasteiger partial charge in [0, 0.05) is 19.2 Å². The van der Waals surface area contributed by atoms with Gasteiger partial charge in [-0.15, -0.1) is 0 Å². The predicted molar refractivity (Wildman–Crippen MR) is 69.6 cm³/mol. The molecule has 2 N–H and O–H groups in total. The van der Waals surface area contributed by atoms with Crippen LogP contribution >= 0.6 is 0 Å². The molecule has 1 unspecified atom stereocenters. The molecular weight excluding hydrogens is 234 g/mol. The van der Waals surface area contributed by atoms with Crippen LogP contribution in [0.3, 0.4) is 0 Å². The lowest BCUT2D eigenvalue weighted by molar-refractivity contribution is -0.385. The van der Waals surface area contributed by atoms with Crippen molar-refractivity contribution < 1.29 is 10.0 Å². The number of hydrogen-bond acceptors (Lipinski definition) is 5. The molecule has 1 atom stereocenters. The lowest BCUT2D eigenvalue weighted by atomic mass is 10.1. The first-order chi connectivity index (χ1) is 8.54. The summed E-state index contributed by atoms with van der Waals surface area (Å²) in [6, 6.07) is 1.51. The van der Waals surface area contributed by atoms with Gasteiger partial charge >= 0.3 is 0 Å². The highest BCUT2D eigenvalue weighted by molar-refractivity contribution is 5.48. The smallest absolute Gasteiger partial charge is 0.287 e. The van der Waals surface area contributed by atoms with Crippen LogP contribution in [0.15, 0.2) is 12.3 Å². The molecule has 1 aromatic heterocycles. The fraction of sp³-hybridized carbons (Fsp3) is 0.583. The number of nitro groups is 1. The molecule has 0 amide bonds. The molecule has 0 spiro atoms. The maximum absolute atomic E-state index is 10.6. The van der Waals surface area contributed by atoms with Crippen molar-refractivity contribution in [3.8, 4) is 0 Å². The Morgan fingerprint density at radius 2 is 2.33 bits per heavy atom. The number of aryl methyl sites for hydroxylation is 1. The van der Waals surface area contributed by atoms with Crippen molar-refractivity contribution in [2.24, 2.45) is 5.92 Å². The fourth-order valence-electron chi connectivity index (χ4n) is 1.59. The van der Waals surface area contributed by atoms with Crippen LogP contribution in [0.4, 0.5) is 11.5 Å². The van der Waals surface area contributed by atoms with Gasteiger partial charge in [-0.1, -0.05) is 6.92 Å². The summed E-state index contributed by atoms with van der Waals surface area (Å²) in [4.78, 5) is 14.1. The molecule has 0 aliphatic carbocycles. The average Bonchev–Trinajstić information content (AvgIpc) is 2.35. The molecule has 0 aromatic carbocycles. The third-order valence-corrected chi connectivity index (χ3v) is 2.75. The maximum Gasteiger partial charge on any atom is 0.287 e.